The highest BCUT2D eigenvalue weighted by molar-refractivity contribution is 5.38. The van der Waals surface area contributed by atoms with Crippen LogP contribution in [-0.4, -0.2) is 59.0 Å². The highest BCUT2D eigenvalue weighted by Gasteiger charge is 2.12. The highest BCUT2D eigenvalue weighted by Crippen LogP contribution is 2.25. The average Bonchev–Trinajstić information content (AvgIpc) is 2.93. The molecule has 1 heterocycles. The summed E-state index contributed by atoms with van der Waals surface area (Å²) in [4.78, 5) is 0. The SMILES string of the molecule is c1ccc(COc2cc(COCC3COCCOCCOCCO3)cc(OCc3ccccc3)c2)cc1. The molecule has 7 heteroatoms. The number of ether oxygens (including phenoxy) is 7. The lowest BCUT2D eigenvalue weighted by molar-refractivity contribution is -0.0922. The molecule has 1 aliphatic heterocycles. The van der Waals surface area contributed by atoms with Crippen LogP contribution in [0.15, 0.2) is 78.9 Å². The van der Waals surface area contributed by atoms with Crippen molar-refractivity contribution in [1.29, 1.82) is 0 Å². The van der Waals surface area contributed by atoms with Crippen molar-refractivity contribution in [2.45, 2.75) is 25.9 Å². The molecule has 37 heavy (non-hydrogen) atoms. The molecular formula is C30H36O7. The molecule has 0 saturated carbocycles. The van der Waals surface area contributed by atoms with E-state index < -0.39 is 0 Å². The van der Waals surface area contributed by atoms with Gasteiger partial charge in [-0.05, 0) is 28.8 Å². The summed E-state index contributed by atoms with van der Waals surface area (Å²) in [6.45, 7) is 5.37. The lowest BCUT2D eigenvalue weighted by Gasteiger charge is -2.20. The minimum atomic E-state index is -0.186. The van der Waals surface area contributed by atoms with Crippen LogP contribution >= 0.6 is 0 Å². The van der Waals surface area contributed by atoms with Crippen LogP contribution in [0.4, 0.5) is 0 Å². The first-order valence-corrected chi connectivity index (χ1v) is 12.7. The van der Waals surface area contributed by atoms with E-state index in [1.54, 1.807) is 0 Å². The summed E-state index contributed by atoms with van der Waals surface area (Å²) in [6.07, 6.45) is -0.186. The van der Waals surface area contributed by atoms with Crippen molar-refractivity contribution in [1.82, 2.24) is 0 Å². The largest absolute Gasteiger partial charge is 0.489 e. The van der Waals surface area contributed by atoms with Gasteiger partial charge in [-0.15, -0.1) is 0 Å². The molecule has 3 aromatic carbocycles. The Morgan fingerprint density at radius 1 is 0.568 bits per heavy atom. The molecule has 1 aliphatic rings. The maximum atomic E-state index is 6.09. The predicted octanol–water partition coefficient (Wildman–Crippen LogP) is 4.81. The van der Waals surface area contributed by atoms with E-state index in [-0.39, 0.29) is 6.10 Å². The molecule has 0 amide bonds. The number of hydrogen-bond donors (Lipinski definition) is 0. The highest BCUT2D eigenvalue weighted by atomic mass is 16.6. The smallest absolute Gasteiger partial charge is 0.123 e. The second-order valence-corrected chi connectivity index (χ2v) is 8.67. The summed E-state index contributed by atoms with van der Waals surface area (Å²) in [5.41, 5.74) is 3.16. The van der Waals surface area contributed by atoms with E-state index in [1.165, 1.54) is 0 Å². The quantitative estimate of drug-likeness (QED) is 0.389. The van der Waals surface area contributed by atoms with Crippen LogP contribution in [-0.2, 0) is 43.5 Å². The maximum Gasteiger partial charge on any atom is 0.123 e. The van der Waals surface area contributed by atoms with E-state index >= 15 is 0 Å². The fourth-order valence-electron chi connectivity index (χ4n) is 3.74. The molecule has 0 aliphatic carbocycles. The Kier molecular flexibility index (Phi) is 11.7. The van der Waals surface area contributed by atoms with Crippen molar-refractivity contribution in [3.63, 3.8) is 0 Å². The minimum absolute atomic E-state index is 0.186. The zero-order valence-electron chi connectivity index (χ0n) is 21.2. The molecule has 0 radical (unpaired) electrons. The van der Waals surface area contributed by atoms with Gasteiger partial charge in [0.2, 0.25) is 0 Å². The third-order valence-electron chi connectivity index (χ3n) is 5.64. The fraction of sp³-hybridized carbons (Fsp3) is 0.400. The molecule has 198 valence electrons. The number of hydrogen-bond acceptors (Lipinski definition) is 7. The average molecular weight is 509 g/mol. The Morgan fingerprint density at radius 3 is 1.70 bits per heavy atom. The molecule has 1 fully saturated rings. The van der Waals surface area contributed by atoms with Gasteiger partial charge >= 0.3 is 0 Å². The molecule has 7 nitrogen and oxygen atoms in total. The van der Waals surface area contributed by atoms with E-state index in [2.05, 4.69) is 0 Å². The predicted molar refractivity (Wildman–Crippen MR) is 140 cm³/mol. The summed E-state index contributed by atoms with van der Waals surface area (Å²) in [5, 5.41) is 0. The van der Waals surface area contributed by atoms with E-state index in [9.17, 15) is 0 Å². The van der Waals surface area contributed by atoms with Gasteiger partial charge in [0, 0.05) is 6.07 Å². The fourth-order valence-corrected chi connectivity index (χ4v) is 3.74. The van der Waals surface area contributed by atoms with E-state index in [0.29, 0.717) is 72.7 Å². The first kappa shape index (κ1) is 27.1. The van der Waals surface area contributed by atoms with E-state index in [0.717, 1.165) is 28.2 Å². The third kappa shape index (κ3) is 10.5. The van der Waals surface area contributed by atoms with Gasteiger partial charge in [0.1, 0.15) is 30.8 Å². The van der Waals surface area contributed by atoms with Gasteiger partial charge < -0.3 is 33.2 Å². The zero-order chi connectivity index (χ0) is 25.4. The Hall–Kier alpha value is -2.94. The van der Waals surface area contributed by atoms with Gasteiger partial charge in [0.25, 0.3) is 0 Å². The summed E-state index contributed by atoms with van der Waals surface area (Å²) < 4.78 is 40.8. The molecule has 1 atom stereocenters. The van der Waals surface area contributed by atoms with Crippen molar-refractivity contribution in [3.8, 4) is 11.5 Å². The lowest BCUT2D eigenvalue weighted by atomic mass is 10.2. The normalized spacial score (nSPS) is 17.4. The Labute approximate surface area is 219 Å². The molecule has 0 N–H and O–H groups in total. The first-order chi connectivity index (χ1) is 18.3. The Balaban J connectivity index is 1.35. The number of rotatable bonds is 10. The van der Waals surface area contributed by atoms with Crippen molar-refractivity contribution < 1.29 is 33.2 Å². The van der Waals surface area contributed by atoms with Gasteiger partial charge in [-0.3, -0.25) is 0 Å². The third-order valence-corrected chi connectivity index (χ3v) is 5.64. The monoisotopic (exact) mass is 508 g/mol. The van der Waals surface area contributed by atoms with Crippen molar-refractivity contribution in [2.24, 2.45) is 0 Å². The molecular weight excluding hydrogens is 472 g/mol. The van der Waals surface area contributed by atoms with Crippen molar-refractivity contribution in [2.75, 3.05) is 52.9 Å². The van der Waals surface area contributed by atoms with Crippen LogP contribution < -0.4 is 9.47 Å². The number of benzene rings is 3. The Bertz CT molecular complexity index is 939. The Morgan fingerprint density at radius 2 is 1.11 bits per heavy atom. The summed E-state index contributed by atoms with van der Waals surface area (Å²) >= 11 is 0. The van der Waals surface area contributed by atoms with Crippen molar-refractivity contribution >= 4 is 0 Å². The van der Waals surface area contributed by atoms with Crippen LogP contribution in [0.5, 0.6) is 11.5 Å². The van der Waals surface area contributed by atoms with Crippen LogP contribution in [0.2, 0.25) is 0 Å². The summed E-state index contributed by atoms with van der Waals surface area (Å²) in [7, 11) is 0. The molecule has 4 rings (SSSR count). The van der Waals surface area contributed by atoms with Gasteiger partial charge in [-0.25, -0.2) is 0 Å². The van der Waals surface area contributed by atoms with Crippen molar-refractivity contribution in [3.05, 3.63) is 95.6 Å². The lowest BCUT2D eigenvalue weighted by Crippen LogP contribution is -2.29. The van der Waals surface area contributed by atoms with E-state index in [4.69, 9.17) is 33.2 Å². The van der Waals surface area contributed by atoms with Crippen LogP contribution in [0, 0.1) is 0 Å². The first-order valence-electron chi connectivity index (χ1n) is 12.7. The van der Waals surface area contributed by atoms with Gasteiger partial charge in [0.15, 0.2) is 0 Å². The molecule has 1 unspecified atom stereocenters. The second kappa shape index (κ2) is 16.0. The molecule has 1 saturated heterocycles. The summed E-state index contributed by atoms with van der Waals surface area (Å²) in [5.74, 6) is 1.46. The molecule has 0 bridgehead atoms. The van der Waals surface area contributed by atoms with Crippen LogP contribution in [0.1, 0.15) is 16.7 Å². The second-order valence-electron chi connectivity index (χ2n) is 8.67. The molecule has 3 aromatic rings. The zero-order valence-corrected chi connectivity index (χ0v) is 21.2. The van der Waals surface area contributed by atoms with Gasteiger partial charge in [-0.2, -0.15) is 0 Å². The molecule has 0 spiro atoms. The van der Waals surface area contributed by atoms with Crippen LogP contribution in [0.3, 0.4) is 0 Å². The van der Waals surface area contributed by atoms with Gasteiger partial charge in [-0.1, -0.05) is 60.7 Å². The molecule has 0 aromatic heterocycles. The minimum Gasteiger partial charge on any atom is -0.489 e. The summed E-state index contributed by atoms with van der Waals surface area (Å²) in [6, 6.07) is 26.1. The van der Waals surface area contributed by atoms with Crippen LogP contribution in [0.25, 0.3) is 0 Å². The maximum absolute atomic E-state index is 6.09. The topological polar surface area (TPSA) is 64.6 Å². The van der Waals surface area contributed by atoms with Gasteiger partial charge in [0.05, 0.1) is 59.5 Å². The standard InChI is InChI=1S/C30H36O7/c1-3-7-25(8-4-1)21-36-28-17-27(18-29(19-28)37-22-26-9-5-2-6-10-26)20-34-24-30-23-33-14-13-31-11-12-32-15-16-35-30/h1-10,17-19,30H,11-16,20-24H2. The van der Waals surface area contributed by atoms with E-state index in [1.807, 2.05) is 78.9 Å².